The molecule has 1 N–H and O–H groups in total. The zero-order chi connectivity index (χ0) is 45.2. The Morgan fingerprint density at radius 3 is 1.08 bits per heavy atom. The summed E-state index contributed by atoms with van der Waals surface area (Å²) in [6, 6.07) is 59.5. The van der Waals surface area contributed by atoms with E-state index in [2.05, 4.69) is 0 Å². The molecule has 0 aliphatic carbocycles. The highest BCUT2D eigenvalue weighted by Crippen LogP contribution is 2.34. The number of aliphatic hydroxyl groups excluding tert-OH is 1. The lowest BCUT2D eigenvalue weighted by Crippen LogP contribution is -2.63. The predicted molar refractivity (Wildman–Crippen MR) is 247 cm³/mol. The maximum Gasteiger partial charge on any atom is 0.186 e. The highest BCUT2D eigenvalue weighted by atomic mass is 16.7. The monoisotopic (exact) mass is 896 g/mol. The Labute approximate surface area is 388 Å². The summed E-state index contributed by atoms with van der Waals surface area (Å²) in [5.41, 5.74) is 5.87. The van der Waals surface area contributed by atoms with Crippen LogP contribution < -0.4 is 0 Å². The Balaban J connectivity index is 1.07. The number of hydrogen-bond donors (Lipinski definition) is 1. The lowest BCUT2D eigenvalue weighted by Gasteiger charge is -2.47. The van der Waals surface area contributed by atoms with Crippen LogP contribution >= 0.6 is 0 Å². The van der Waals surface area contributed by atoms with E-state index in [9.17, 15) is 5.11 Å². The van der Waals surface area contributed by atoms with Gasteiger partial charge in [-0.1, -0.05) is 182 Å². The van der Waals surface area contributed by atoms with Crippen LogP contribution in [-0.2, 0) is 87.0 Å². The number of hydrogen-bond acceptors (Lipinski definition) is 11. The third-order valence-corrected chi connectivity index (χ3v) is 11.7. The Kier molecular flexibility index (Phi) is 18.0. The smallest absolute Gasteiger partial charge is 0.186 e. The van der Waals surface area contributed by atoms with E-state index in [4.69, 9.17) is 47.4 Å². The van der Waals surface area contributed by atoms with E-state index in [1.165, 1.54) is 0 Å². The molecule has 11 nitrogen and oxygen atoms in total. The predicted octanol–water partition coefficient (Wildman–Crippen LogP) is 8.60. The molecule has 2 heterocycles. The van der Waals surface area contributed by atoms with Gasteiger partial charge in [0.2, 0.25) is 0 Å². The zero-order valence-corrected chi connectivity index (χ0v) is 37.3. The summed E-state index contributed by atoms with van der Waals surface area (Å²) in [6.07, 6.45) is -8.50. The number of ether oxygens (including phenoxy) is 10. The topological polar surface area (TPSA) is 113 Å². The normalized spacial score (nSPS) is 25.4. The molecule has 10 atom stereocenters. The first-order valence-corrected chi connectivity index (χ1v) is 22.6. The van der Waals surface area contributed by atoms with Crippen molar-refractivity contribution in [3.8, 4) is 0 Å². The molecular weight excluding hydrogens is 837 g/mol. The van der Waals surface area contributed by atoms with Gasteiger partial charge in [-0.05, 0) is 33.4 Å². The van der Waals surface area contributed by atoms with Crippen molar-refractivity contribution in [1.82, 2.24) is 0 Å². The van der Waals surface area contributed by atoms with Gasteiger partial charge in [0.1, 0.15) is 48.8 Å². The molecule has 6 aromatic carbocycles. The van der Waals surface area contributed by atoms with E-state index in [-0.39, 0.29) is 39.6 Å². The molecule has 11 heteroatoms. The molecule has 8 rings (SSSR count). The maximum absolute atomic E-state index is 12.3. The van der Waals surface area contributed by atoms with Crippen molar-refractivity contribution in [2.75, 3.05) is 20.3 Å². The van der Waals surface area contributed by atoms with Gasteiger partial charge in [-0.15, -0.1) is 0 Å². The second-order valence-corrected chi connectivity index (χ2v) is 16.5. The van der Waals surface area contributed by atoms with Gasteiger partial charge in [-0.3, -0.25) is 0 Å². The van der Waals surface area contributed by atoms with Crippen molar-refractivity contribution in [2.24, 2.45) is 0 Å². The van der Waals surface area contributed by atoms with Gasteiger partial charge in [0.05, 0.1) is 52.9 Å². The quantitative estimate of drug-likeness (QED) is 0.0668. The second-order valence-electron chi connectivity index (χ2n) is 16.5. The number of methoxy groups -OCH3 is 1. The molecule has 0 radical (unpaired) electrons. The van der Waals surface area contributed by atoms with E-state index in [1.807, 2.05) is 182 Å². The van der Waals surface area contributed by atoms with Crippen LogP contribution in [-0.4, -0.2) is 86.8 Å². The zero-order valence-electron chi connectivity index (χ0n) is 37.3. The number of rotatable bonds is 23. The first-order valence-electron chi connectivity index (χ1n) is 22.6. The van der Waals surface area contributed by atoms with Crippen LogP contribution in [0.4, 0.5) is 0 Å². The minimum atomic E-state index is -1.28. The molecule has 2 fully saturated rings. The van der Waals surface area contributed by atoms with Gasteiger partial charge in [0.25, 0.3) is 0 Å². The summed E-state index contributed by atoms with van der Waals surface area (Å²) in [5.74, 6) is 0. The minimum Gasteiger partial charge on any atom is -0.385 e. The highest BCUT2D eigenvalue weighted by molar-refractivity contribution is 5.18. The van der Waals surface area contributed by atoms with Gasteiger partial charge in [-0.2, -0.15) is 0 Å². The Morgan fingerprint density at radius 1 is 0.348 bits per heavy atom. The fourth-order valence-corrected chi connectivity index (χ4v) is 8.22. The Morgan fingerprint density at radius 2 is 0.667 bits per heavy atom. The van der Waals surface area contributed by atoms with Gasteiger partial charge in [-0.25, -0.2) is 0 Å². The largest absolute Gasteiger partial charge is 0.385 e. The van der Waals surface area contributed by atoms with E-state index < -0.39 is 61.4 Å². The third-order valence-electron chi connectivity index (χ3n) is 11.7. The van der Waals surface area contributed by atoms with Crippen molar-refractivity contribution in [1.29, 1.82) is 0 Å². The standard InChI is InChI=1S/C55H60O11/c1-57-55-53(63-37-45-30-18-7-19-31-45)52(62-36-44-28-16-6-17-29-44)50(60-34-42-24-12-4-13-25-42)47(66-55)39-64-54-48(56)51(61-35-43-26-14-5-15-27-43)49(59-33-41-22-10-3-11-23-41)46(65-54)38-58-32-40-20-8-2-9-21-40/h2-31,46-56H,32-39H2,1H3/t46-,47-,48-,49-,50-,51-,52+,53-,54+,55+/m1/s1. The summed E-state index contributed by atoms with van der Waals surface area (Å²) < 4.78 is 65.9. The minimum absolute atomic E-state index is 0.0732. The molecule has 66 heavy (non-hydrogen) atoms. The lowest BCUT2D eigenvalue weighted by atomic mass is 9.97. The van der Waals surface area contributed by atoms with Crippen LogP contribution in [0.1, 0.15) is 33.4 Å². The summed E-state index contributed by atoms with van der Waals surface area (Å²) in [5, 5.41) is 12.3. The van der Waals surface area contributed by atoms with Crippen LogP contribution in [0, 0.1) is 0 Å². The van der Waals surface area contributed by atoms with Gasteiger partial charge >= 0.3 is 0 Å². The van der Waals surface area contributed by atoms with E-state index in [1.54, 1.807) is 7.11 Å². The van der Waals surface area contributed by atoms with E-state index >= 15 is 0 Å². The molecule has 0 bridgehead atoms. The average molecular weight is 897 g/mol. The molecule has 0 amide bonds. The van der Waals surface area contributed by atoms with Crippen LogP contribution in [0.25, 0.3) is 0 Å². The van der Waals surface area contributed by atoms with Crippen molar-refractivity contribution < 1.29 is 52.5 Å². The van der Waals surface area contributed by atoms with Crippen LogP contribution in [0.15, 0.2) is 182 Å². The SMILES string of the molecule is CO[C@H]1O[C@H](CO[C@H]2O[C@H](COCc3ccccc3)[C@@H](OCc3ccccc3)[C@H](OCc3ccccc3)[C@H]2O)[C@@H](OCc2ccccc2)[C@H](OCc2ccccc2)[C@H]1OCc1ccccc1. The maximum atomic E-state index is 12.3. The molecule has 6 aromatic rings. The number of aliphatic hydroxyl groups is 1. The van der Waals surface area contributed by atoms with E-state index in [0.717, 1.165) is 33.4 Å². The second kappa shape index (κ2) is 25.1. The van der Waals surface area contributed by atoms with E-state index in [0.29, 0.717) is 13.2 Å². The van der Waals surface area contributed by atoms with Crippen molar-refractivity contribution >= 4 is 0 Å². The Hall–Kier alpha value is -5.12. The van der Waals surface area contributed by atoms with Gasteiger partial charge in [0.15, 0.2) is 12.6 Å². The molecule has 0 spiro atoms. The first kappa shape index (κ1) is 47.4. The van der Waals surface area contributed by atoms with Crippen molar-refractivity contribution in [3.63, 3.8) is 0 Å². The van der Waals surface area contributed by atoms with Crippen molar-refractivity contribution in [2.45, 2.75) is 101 Å². The lowest BCUT2D eigenvalue weighted by molar-refractivity contribution is -0.346. The summed E-state index contributed by atoms with van der Waals surface area (Å²) in [6.45, 7) is 1.74. The fraction of sp³-hybridized carbons (Fsp3) is 0.345. The molecule has 346 valence electrons. The Bertz CT molecular complexity index is 2220. The van der Waals surface area contributed by atoms with Crippen molar-refractivity contribution in [3.05, 3.63) is 215 Å². The molecule has 2 aliphatic heterocycles. The first-order chi connectivity index (χ1) is 32.6. The molecule has 0 unspecified atom stereocenters. The molecule has 0 saturated carbocycles. The third kappa shape index (κ3) is 13.5. The molecule has 0 aromatic heterocycles. The van der Waals surface area contributed by atoms with Crippen LogP contribution in [0.2, 0.25) is 0 Å². The molecular formula is C55H60O11. The van der Waals surface area contributed by atoms with Crippen LogP contribution in [0.3, 0.4) is 0 Å². The fourth-order valence-electron chi connectivity index (χ4n) is 8.22. The molecule has 2 aliphatic rings. The molecule has 2 saturated heterocycles. The summed E-state index contributed by atoms with van der Waals surface area (Å²) in [7, 11) is 1.58. The number of benzene rings is 6. The summed E-state index contributed by atoms with van der Waals surface area (Å²) in [4.78, 5) is 0. The van der Waals surface area contributed by atoms with Crippen LogP contribution in [0.5, 0.6) is 0 Å². The van der Waals surface area contributed by atoms with Gasteiger partial charge in [0, 0.05) is 7.11 Å². The van der Waals surface area contributed by atoms with Gasteiger partial charge < -0.3 is 52.5 Å². The highest BCUT2D eigenvalue weighted by Gasteiger charge is 2.51. The summed E-state index contributed by atoms with van der Waals surface area (Å²) >= 11 is 0. The average Bonchev–Trinajstić information content (AvgIpc) is 3.37.